The van der Waals surface area contributed by atoms with Gasteiger partial charge in [0, 0.05) is 0 Å². The SMILES string of the molecule is Cc1cc(C)c(O)c(NC(=O)C(C)N)c1. The van der Waals surface area contributed by atoms with Gasteiger partial charge in [-0.15, -0.1) is 0 Å². The van der Waals surface area contributed by atoms with Crippen molar-refractivity contribution in [2.75, 3.05) is 5.32 Å². The first-order valence-electron chi connectivity index (χ1n) is 4.78. The molecule has 1 aromatic rings. The van der Waals surface area contributed by atoms with Gasteiger partial charge in [-0.3, -0.25) is 4.79 Å². The molecule has 0 aliphatic rings. The van der Waals surface area contributed by atoms with Crippen LogP contribution in [0.4, 0.5) is 5.69 Å². The second-order valence-corrected chi connectivity index (χ2v) is 3.76. The summed E-state index contributed by atoms with van der Waals surface area (Å²) in [6.07, 6.45) is 0. The van der Waals surface area contributed by atoms with Crippen LogP contribution in [-0.2, 0) is 4.79 Å². The van der Waals surface area contributed by atoms with Crippen molar-refractivity contribution in [3.63, 3.8) is 0 Å². The lowest BCUT2D eigenvalue weighted by Crippen LogP contribution is -2.32. The van der Waals surface area contributed by atoms with Crippen molar-refractivity contribution in [3.05, 3.63) is 23.3 Å². The maximum atomic E-state index is 11.3. The van der Waals surface area contributed by atoms with E-state index in [1.165, 1.54) is 0 Å². The van der Waals surface area contributed by atoms with E-state index in [1.807, 2.05) is 13.0 Å². The summed E-state index contributed by atoms with van der Waals surface area (Å²) in [5.74, 6) is -0.218. The van der Waals surface area contributed by atoms with Gasteiger partial charge in [-0.25, -0.2) is 0 Å². The average molecular weight is 208 g/mol. The highest BCUT2D eigenvalue weighted by atomic mass is 16.3. The second-order valence-electron chi connectivity index (χ2n) is 3.76. The predicted octanol–water partition coefficient (Wildman–Crippen LogP) is 1.29. The number of phenols is 1. The molecule has 0 aromatic heterocycles. The molecule has 0 aliphatic heterocycles. The van der Waals surface area contributed by atoms with Crippen molar-refractivity contribution in [1.82, 2.24) is 0 Å². The number of rotatable bonds is 2. The van der Waals surface area contributed by atoms with E-state index in [0.29, 0.717) is 5.69 Å². The Balaban J connectivity index is 2.99. The first-order valence-corrected chi connectivity index (χ1v) is 4.78. The lowest BCUT2D eigenvalue weighted by molar-refractivity contribution is -0.117. The van der Waals surface area contributed by atoms with Crippen LogP contribution in [0.2, 0.25) is 0 Å². The molecule has 4 nitrogen and oxygen atoms in total. The van der Waals surface area contributed by atoms with Crippen LogP contribution in [0.15, 0.2) is 12.1 Å². The van der Waals surface area contributed by atoms with Crippen LogP contribution >= 0.6 is 0 Å². The molecule has 0 aliphatic carbocycles. The Morgan fingerprint density at radius 1 is 1.47 bits per heavy atom. The maximum Gasteiger partial charge on any atom is 0.241 e. The molecule has 1 unspecified atom stereocenters. The molecule has 1 amide bonds. The monoisotopic (exact) mass is 208 g/mol. The summed E-state index contributed by atoms with van der Waals surface area (Å²) in [5.41, 5.74) is 7.54. The lowest BCUT2D eigenvalue weighted by atomic mass is 10.1. The summed E-state index contributed by atoms with van der Waals surface area (Å²) < 4.78 is 0. The Kier molecular flexibility index (Phi) is 3.31. The molecule has 0 saturated carbocycles. The van der Waals surface area contributed by atoms with Gasteiger partial charge < -0.3 is 16.2 Å². The fraction of sp³-hybridized carbons (Fsp3) is 0.364. The van der Waals surface area contributed by atoms with E-state index >= 15 is 0 Å². The van der Waals surface area contributed by atoms with E-state index in [0.717, 1.165) is 11.1 Å². The van der Waals surface area contributed by atoms with Crippen LogP contribution in [0.25, 0.3) is 0 Å². The molecule has 82 valence electrons. The zero-order valence-corrected chi connectivity index (χ0v) is 9.16. The van der Waals surface area contributed by atoms with E-state index in [9.17, 15) is 9.90 Å². The molecule has 0 spiro atoms. The number of phenolic OH excluding ortho intramolecular Hbond substituents is 1. The fourth-order valence-electron chi connectivity index (χ4n) is 1.30. The van der Waals surface area contributed by atoms with Crippen LogP contribution in [0, 0.1) is 13.8 Å². The first-order chi connectivity index (χ1) is 6.91. The third-order valence-electron chi connectivity index (χ3n) is 2.12. The molecule has 0 fully saturated rings. The first kappa shape index (κ1) is 11.5. The predicted molar refractivity (Wildman–Crippen MR) is 59.9 cm³/mol. The van der Waals surface area contributed by atoms with E-state index in [-0.39, 0.29) is 11.7 Å². The Morgan fingerprint density at radius 2 is 2.07 bits per heavy atom. The van der Waals surface area contributed by atoms with Gasteiger partial charge in [-0.05, 0) is 38.0 Å². The Labute approximate surface area is 89.1 Å². The Hall–Kier alpha value is -1.55. The van der Waals surface area contributed by atoms with Gasteiger partial charge in [0.2, 0.25) is 5.91 Å². The summed E-state index contributed by atoms with van der Waals surface area (Å²) in [6, 6.07) is 2.96. The zero-order valence-electron chi connectivity index (χ0n) is 9.16. The molecule has 4 heteroatoms. The smallest absolute Gasteiger partial charge is 0.241 e. The van der Waals surface area contributed by atoms with Crippen LogP contribution in [0.3, 0.4) is 0 Å². The number of aryl methyl sites for hydroxylation is 2. The van der Waals surface area contributed by atoms with Crippen molar-refractivity contribution in [3.8, 4) is 5.75 Å². The zero-order chi connectivity index (χ0) is 11.6. The summed E-state index contributed by atoms with van der Waals surface area (Å²) >= 11 is 0. The minimum absolute atomic E-state index is 0.0922. The number of nitrogens with two attached hydrogens (primary N) is 1. The quantitative estimate of drug-likeness (QED) is 0.641. The van der Waals surface area contributed by atoms with Crippen LogP contribution in [-0.4, -0.2) is 17.1 Å². The van der Waals surface area contributed by atoms with Crippen LogP contribution in [0.5, 0.6) is 5.75 Å². The number of carbonyl (C=O) groups excluding carboxylic acids is 1. The average Bonchev–Trinajstić information content (AvgIpc) is 2.13. The van der Waals surface area contributed by atoms with E-state index in [4.69, 9.17) is 5.73 Å². The number of anilines is 1. The van der Waals surface area contributed by atoms with Gasteiger partial charge >= 0.3 is 0 Å². The number of amides is 1. The molecule has 1 atom stereocenters. The van der Waals surface area contributed by atoms with E-state index < -0.39 is 6.04 Å². The molecular weight excluding hydrogens is 192 g/mol. The van der Waals surface area contributed by atoms with Crippen molar-refractivity contribution in [2.45, 2.75) is 26.8 Å². The van der Waals surface area contributed by atoms with Gasteiger partial charge in [0.05, 0.1) is 11.7 Å². The molecule has 1 rings (SSSR count). The van der Waals surface area contributed by atoms with E-state index in [2.05, 4.69) is 5.32 Å². The van der Waals surface area contributed by atoms with Crippen molar-refractivity contribution < 1.29 is 9.90 Å². The third-order valence-corrected chi connectivity index (χ3v) is 2.12. The third kappa shape index (κ3) is 2.70. The highest BCUT2D eigenvalue weighted by Crippen LogP contribution is 2.28. The summed E-state index contributed by atoms with van der Waals surface area (Å²) in [4.78, 5) is 11.3. The number of carbonyl (C=O) groups is 1. The van der Waals surface area contributed by atoms with Gasteiger partial charge in [-0.1, -0.05) is 6.07 Å². The normalized spacial score (nSPS) is 12.3. The van der Waals surface area contributed by atoms with Crippen molar-refractivity contribution in [1.29, 1.82) is 0 Å². The van der Waals surface area contributed by atoms with Crippen LogP contribution < -0.4 is 11.1 Å². The number of hydrogen-bond acceptors (Lipinski definition) is 3. The Morgan fingerprint density at radius 3 is 2.60 bits per heavy atom. The van der Waals surface area contributed by atoms with Gasteiger partial charge in [0.15, 0.2) is 0 Å². The molecule has 0 radical (unpaired) electrons. The highest BCUT2D eigenvalue weighted by Gasteiger charge is 2.11. The molecular formula is C11H16N2O2. The summed E-state index contributed by atoms with van der Waals surface area (Å²) in [5, 5.41) is 12.3. The molecule has 15 heavy (non-hydrogen) atoms. The number of aromatic hydroxyl groups is 1. The maximum absolute atomic E-state index is 11.3. The van der Waals surface area contributed by atoms with Crippen LogP contribution in [0.1, 0.15) is 18.1 Å². The topological polar surface area (TPSA) is 75.3 Å². The molecule has 0 bridgehead atoms. The largest absolute Gasteiger partial charge is 0.505 e. The minimum Gasteiger partial charge on any atom is -0.505 e. The number of benzene rings is 1. The fourth-order valence-corrected chi connectivity index (χ4v) is 1.30. The second kappa shape index (κ2) is 4.31. The number of hydrogen-bond donors (Lipinski definition) is 3. The molecule has 4 N–H and O–H groups in total. The van der Waals surface area contributed by atoms with Gasteiger partial charge in [0.25, 0.3) is 0 Å². The summed E-state index contributed by atoms with van der Waals surface area (Å²) in [6.45, 7) is 5.27. The van der Waals surface area contributed by atoms with Crippen molar-refractivity contribution in [2.24, 2.45) is 5.73 Å². The van der Waals surface area contributed by atoms with Crippen molar-refractivity contribution >= 4 is 11.6 Å². The number of nitrogens with one attached hydrogen (secondary N) is 1. The molecule has 0 saturated heterocycles. The van der Waals surface area contributed by atoms with E-state index in [1.54, 1.807) is 19.9 Å². The minimum atomic E-state index is -0.592. The Bertz CT molecular complexity index is 386. The highest BCUT2D eigenvalue weighted by molar-refractivity contribution is 5.95. The van der Waals surface area contributed by atoms with Gasteiger partial charge in [-0.2, -0.15) is 0 Å². The standard InChI is InChI=1S/C11H16N2O2/c1-6-4-7(2)10(14)9(5-6)13-11(15)8(3)12/h4-5,8,14H,12H2,1-3H3,(H,13,15). The summed E-state index contributed by atoms with van der Waals surface area (Å²) in [7, 11) is 0. The molecule has 1 aromatic carbocycles. The molecule has 0 heterocycles. The lowest BCUT2D eigenvalue weighted by Gasteiger charge is -2.11. The van der Waals surface area contributed by atoms with Gasteiger partial charge in [0.1, 0.15) is 5.75 Å².